The molecule has 0 aliphatic heterocycles. The molecule has 22 heavy (non-hydrogen) atoms. The van der Waals surface area contributed by atoms with E-state index < -0.39 is 11.5 Å². The van der Waals surface area contributed by atoms with E-state index in [2.05, 4.69) is 0 Å². The van der Waals surface area contributed by atoms with Crippen molar-refractivity contribution in [3.63, 3.8) is 0 Å². The van der Waals surface area contributed by atoms with Crippen LogP contribution < -0.4 is 5.56 Å². The molecule has 1 heterocycles. The fourth-order valence-electron chi connectivity index (χ4n) is 2.27. The summed E-state index contributed by atoms with van der Waals surface area (Å²) in [7, 11) is 0. The number of hydrogen-bond acceptors (Lipinski definition) is 3. The Bertz CT molecular complexity index is 818. The van der Waals surface area contributed by atoms with Crippen LogP contribution in [0.4, 0.5) is 0 Å². The Morgan fingerprint density at radius 3 is 2.32 bits per heavy atom. The number of carbonyl (C=O) groups is 2. The molecule has 5 heteroatoms. The van der Waals surface area contributed by atoms with Crippen molar-refractivity contribution >= 4 is 11.8 Å². The molecule has 114 valence electrons. The van der Waals surface area contributed by atoms with E-state index in [0.29, 0.717) is 5.69 Å². The number of nitrogens with zero attached hydrogens (tertiary/aromatic N) is 1. The van der Waals surface area contributed by atoms with Gasteiger partial charge in [0.15, 0.2) is 0 Å². The van der Waals surface area contributed by atoms with Crippen molar-refractivity contribution in [2.75, 3.05) is 0 Å². The molecule has 2 rings (SSSR count). The lowest BCUT2D eigenvalue weighted by Crippen LogP contribution is -2.29. The van der Waals surface area contributed by atoms with Crippen molar-refractivity contribution in [3.05, 3.63) is 57.4 Å². The lowest BCUT2D eigenvalue weighted by Gasteiger charge is -2.14. The highest BCUT2D eigenvalue weighted by molar-refractivity contribution is 5.88. The number of carbonyl (C=O) groups excluding carboxylic acids is 1. The minimum atomic E-state index is -1.30. The zero-order valence-electron chi connectivity index (χ0n) is 12.7. The van der Waals surface area contributed by atoms with E-state index in [1.54, 1.807) is 6.07 Å². The Balaban J connectivity index is 2.71. The largest absolute Gasteiger partial charge is 0.477 e. The van der Waals surface area contributed by atoms with Gasteiger partial charge in [-0.05, 0) is 55.7 Å². The molecule has 0 amide bonds. The van der Waals surface area contributed by atoms with Crippen LogP contribution >= 0.6 is 0 Å². The van der Waals surface area contributed by atoms with E-state index in [4.69, 9.17) is 5.11 Å². The highest BCUT2D eigenvalue weighted by Gasteiger charge is 2.16. The maximum Gasteiger partial charge on any atom is 0.341 e. The molecular weight excluding hydrogens is 282 g/mol. The average Bonchev–Trinajstić information content (AvgIpc) is 2.43. The van der Waals surface area contributed by atoms with Gasteiger partial charge in [-0.1, -0.05) is 12.1 Å². The number of aromatic carboxylic acids is 1. The number of aryl methyl sites for hydroxylation is 2. The van der Waals surface area contributed by atoms with Gasteiger partial charge < -0.3 is 9.67 Å². The number of carboxylic acids is 1. The van der Waals surface area contributed by atoms with Crippen LogP contribution in [-0.4, -0.2) is 21.4 Å². The third-order valence-electron chi connectivity index (χ3n) is 3.59. The molecule has 1 aromatic carbocycles. The van der Waals surface area contributed by atoms with Gasteiger partial charge >= 0.3 is 5.97 Å². The normalized spacial score (nSPS) is 10.5. The fourth-order valence-corrected chi connectivity index (χ4v) is 2.27. The van der Waals surface area contributed by atoms with Crippen molar-refractivity contribution < 1.29 is 14.7 Å². The number of rotatable bonds is 4. The van der Waals surface area contributed by atoms with Crippen LogP contribution in [0.3, 0.4) is 0 Å². The van der Waals surface area contributed by atoms with Gasteiger partial charge in [-0.25, -0.2) is 4.79 Å². The standard InChI is InChI=1S/C17H17NO4/c1-10-4-5-13(8-11(10)2)15-7-6-14(17(21)22)16(20)18(15)9-12(3)19/h4-8H,9H2,1-3H3,(H,21,22). The number of Topliss-reactive ketones (excluding diaryl/α,β-unsaturated/α-hetero) is 1. The molecule has 0 unspecified atom stereocenters. The number of pyridine rings is 1. The minimum Gasteiger partial charge on any atom is -0.477 e. The van der Waals surface area contributed by atoms with Gasteiger partial charge in [-0.3, -0.25) is 9.59 Å². The molecule has 1 aromatic heterocycles. The highest BCUT2D eigenvalue weighted by atomic mass is 16.4. The first-order valence-electron chi connectivity index (χ1n) is 6.85. The van der Waals surface area contributed by atoms with Gasteiger partial charge in [0.05, 0.1) is 12.2 Å². The predicted molar refractivity (Wildman–Crippen MR) is 83.3 cm³/mol. The Kier molecular flexibility index (Phi) is 4.26. The van der Waals surface area contributed by atoms with E-state index in [1.165, 1.54) is 17.6 Å². The summed E-state index contributed by atoms with van der Waals surface area (Å²) >= 11 is 0. The van der Waals surface area contributed by atoms with Crippen LogP contribution in [0, 0.1) is 13.8 Å². The molecule has 0 atom stereocenters. The van der Waals surface area contributed by atoms with Crippen LogP contribution in [0.1, 0.15) is 28.4 Å². The van der Waals surface area contributed by atoms with Crippen molar-refractivity contribution in [2.24, 2.45) is 0 Å². The topological polar surface area (TPSA) is 76.4 Å². The van der Waals surface area contributed by atoms with Crippen molar-refractivity contribution in [1.82, 2.24) is 4.57 Å². The Morgan fingerprint density at radius 2 is 1.77 bits per heavy atom. The Morgan fingerprint density at radius 1 is 1.09 bits per heavy atom. The molecule has 2 aromatic rings. The Labute approximate surface area is 127 Å². The van der Waals surface area contributed by atoms with Gasteiger partial charge in [0.2, 0.25) is 0 Å². The summed E-state index contributed by atoms with van der Waals surface area (Å²) < 4.78 is 1.22. The third kappa shape index (κ3) is 2.98. The molecule has 5 nitrogen and oxygen atoms in total. The van der Waals surface area contributed by atoms with Crippen LogP contribution in [0.2, 0.25) is 0 Å². The first-order valence-corrected chi connectivity index (χ1v) is 6.85. The molecule has 0 saturated heterocycles. The number of ketones is 1. The molecule has 0 fully saturated rings. The van der Waals surface area contributed by atoms with Gasteiger partial charge in [0.25, 0.3) is 5.56 Å². The summed E-state index contributed by atoms with van der Waals surface area (Å²) in [6, 6.07) is 8.55. The monoisotopic (exact) mass is 299 g/mol. The van der Waals surface area contributed by atoms with E-state index in [9.17, 15) is 14.4 Å². The molecule has 0 spiro atoms. The number of hydrogen-bond donors (Lipinski definition) is 1. The van der Waals surface area contributed by atoms with Crippen molar-refractivity contribution in [2.45, 2.75) is 27.3 Å². The maximum atomic E-state index is 12.3. The third-order valence-corrected chi connectivity index (χ3v) is 3.59. The smallest absolute Gasteiger partial charge is 0.341 e. The summed E-state index contributed by atoms with van der Waals surface area (Å²) in [5.41, 5.74) is 2.48. The average molecular weight is 299 g/mol. The molecular formula is C17H17NO4. The second kappa shape index (κ2) is 5.97. The van der Waals surface area contributed by atoms with E-state index in [0.717, 1.165) is 16.7 Å². The van der Waals surface area contributed by atoms with E-state index in [1.807, 2.05) is 32.0 Å². The van der Waals surface area contributed by atoms with Gasteiger partial charge in [-0.15, -0.1) is 0 Å². The summed E-state index contributed by atoms with van der Waals surface area (Å²) in [5.74, 6) is -1.51. The van der Waals surface area contributed by atoms with Crippen LogP contribution in [0.25, 0.3) is 11.3 Å². The first kappa shape index (κ1) is 15.7. The first-order chi connectivity index (χ1) is 10.3. The van der Waals surface area contributed by atoms with E-state index in [-0.39, 0.29) is 17.9 Å². The maximum absolute atomic E-state index is 12.3. The summed E-state index contributed by atoms with van der Waals surface area (Å²) in [6.07, 6.45) is 0. The minimum absolute atomic E-state index is 0.151. The van der Waals surface area contributed by atoms with Crippen molar-refractivity contribution in [3.8, 4) is 11.3 Å². The quantitative estimate of drug-likeness (QED) is 0.940. The summed E-state index contributed by atoms with van der Waals surface area (Å²) in [6.45, 7) is 5.15. The van der Waals surface area contributed by atoms with Gasteiger partial charge in [0, 0.05) is 0 Å². The number of aromatic nitrogens is 1. The van der Waals surface area contributed by atoms with E-state index >= 15 is 0 Å². The zero-order valence-corrected chi connectivity index (χ0v) is 12.7. The van der Waals surface area contributed by atoms with Gasteiger partial charge in [-0.2, -0.15) is 0 Å². The molecule has 0 radical (unpaired) electrons. The fraction of sp³-hybridized carbons (Fsp3) is 0.235. The Hall–Kier alpha value is -2.69. The molecule has 1 N–H and O–H groups in total. The zero-order chi connectivity index (χ0) is 16.4. The summed E-state index contributed by atoms with van der Waals surface area (Å²) in [4.78, 5) is 34.9. The van der Waals surface area contributed by atoms with Crippen LogP contribution in [-0.2, 0) is 11.3 Å². The van der Waals surface area contributed by atoms with Crippen LogP contribution in [0.15, 0.2) is 35.1 Å². The molecule has 0 aliphatic carbocycles. The molecule has 0 bridgehead atoms. The SMILES string of the molecule is CC(=O)Cn1c(-c2ccc(C)c(C)c2)ccc(C(=O)O)c1=O. The number of carboxylic acid groups (broad SMARTS) is 1. The second-order valence-electron chi connectivity index (χ2n) is 5.33. The van der Waals surface area contributed by atoms with Gasteiger partial charge in [0.1, 0.15) is 11.3 Å². The molecule has 0 saturated carbocycles. The number of benzene rings is 1. The lowest BCUT2D eigenvalue weighted by atomic mass is 10.0. The van der Waals surface area contributed by atoms with Crippen LogP contribution in [0.5, 0.6) is 0 Å². The van der Waals surface area contributed by atoms with Crippen molar-refractivity contribution in [1.29, 1.82) is 0 Å². The predicted octanol–water partition coefficient (Wildman–Crippen LogP) is 2.42. The second-order valence-corrected chi connectivity index (χ2v) is 5.33. The molecule has 0 aliphatic rings. The summed E-state index contributed by atoms with van der Waals surface area (Å²) in [5, 5.41) is 9.07. The highest BCUT2D eigenvalue weighted by Crippen LogP contribution is 2.21. The lowest BCUT2D eigenvalue weighted by molar-refractivity contribution is -0.117.